The molecule has 1 aromatic heterocycles. The number of phenols is 1. The summed E-state index contributed by atoms with van der Waals surface area (Å²) in [4.78, 5) is 9.95. The molecule has 29 heteroatoms. The summed E-state index contributed by atoms with van der Waals surface area (Å²) in [7, 11) is -13.4. The fourth-order valence-electron chi connectivity index (χ4n) is 5.73. The van der Waals surface area contributed by atoms with Gasteiger partial charge in [-0.1, -0.05) is 0 Å². The number of hydrogen-bond donors (Lipinski definition) is 8. The lowest BCUT2D eigenvalue weighted by Crippen LogP contribution is -2.04. The van der Waals surface area contributed by atoms with Gasteiger partial charge in [0.25, 0.3) is 30.4 Å². The zero-order chi connectivity index (χ0) is 48.1. The van der Waals surface area contributed by atoms with E-state index in [-0.39, 0.29) is 69.7 Å². The number of aromatic carboxylic acids is 1. The zero-order valence-corrected chi connectivity index (χ0v) is 35.7. The van der Waals surface area contributed by atoms with Gasteiger partial charge in [-0.05, 0) is 66.0 Å². The molecular weight excluding hydrogens is 941 g/mol. The summed E-state index contributed by atoms with van der Waals surface area (Å²) in [6.07, 6.45) is 0. The lowest BCUT2D eigenvalue weighted by molar-refractivity contribution is 0.0690. The molecule has 0 amide bonds. The van der Waals surface area contributed by atoms with Crippen LogP contribution in [0.2, 0.25) is 0 Å². The lowest BCUT2D eigenvalue weighted by atomic mass is 10.1. The van der Waals surface area contributed by atoms with Crippen LogP contribution in [-0.2, 0) is 30.4 Å². The number of aliphatic hydroxyl groups is 2. The number of ether oxygens (including phenoxy) is 3. The number of azo groups is 3. The Labute approximate surface area is 371 Å². The fraction of sp³-hybridized carbons (Fsp3) is 0.135. The van der Waals surface area contributed by atoms with Gasteiger partial charge < -0.3 is 39.7 Å². The normalized spacial score (nSPS) is 12.5. The van der Waals surface area contributed by atoms with E-state index in [1.165, 1.54) is 31.4 Å². The van der Waals surface area contributed by atoms with Crippen molar-refractivity contribution in [2.45, 2.75) is 14.7 Å². The fourth-order valence-corrected chi connectivity index (χ4v) is 7.51. The summed E-state index contributed by atoms with van der Waals surface area (Å²) in [5.41, 5.74) is -3.23. The van der Waals surface area contributed by atoms with Crippen LogP contribution in [0.15, 0.2) is 124 Å². The lowest BCUT2D eigenvalue weighted by Gasteiger charge is -2.13. The van der Waals surface area contributed by atoms with Crippen LogP contribution < -0.4 is 14.2 Å². The molecule has 5 aromatic carbocycles. The molecule has 0 fully saturated rings. The molecule has 0 aliphatic rings. The van der Waals surface area contributed by atoms with Crippen LogP contribution in [0.25, 0.3) is 16.5 Å². The van der Waals surface area contributed by atoms with Crippen molar-refractivity contribution in [2.75, 3.05) is 33.5 Å². The largest absolute Gasteiger partial charge is 0.505 e. The number of carbonyl (C=O) groups is 1. The van der Waals surface area contributed by atoms with Crippen molar-refractivity contribution < 1.29 is 83.4 Å². The van der Waals surface area contributed by atoms with Gasteiger partial charge in [0.2, 0.25) is 11.6 Å². The number of rotatable bonds is 18. The molecule has 0 radical (unpaired) electrons. The predicted octanol–water partition coefficient (Wildman–Crippen LogP) is 5.87. The van der Waals surface area contributed by atoms with Crippen molar-refractivity contribution in [3.8, 4) is 34.6 Å². The highest BCUT2D eigenvalue weighted by molar-refractivity contribution is 7.86. The molecule has 0 spiro atoms. The molecule has 8 N–H and O–H groups in total. The van der Waals surface area contributed by atoms with E-state index in [0.29, 0.717) is 4.68 Å². The smallest absolute Gasteiger partial charge is 0.358 e. The van der Waals surface area contributed by atoms with Gasteiger partial charge in [0.1, 0.15) is 63.0 Å². The standard InChI is InChI=1S/C37H32N8O18S3/c1-61-22-5-9-25(30(16-22)65(55,56)57)39-40-26-17-29(63-13-11-47)27(18-28(26)62-12-10-46)41-42-32-31(66(58,59)60)15-19-14-21(4-8-24(19)35(32)48)45-36(49)33(34(44-45)37(50)51)43-38-20-2-6-23(7-3-20)64(52,53)54/h2-9,14-18,46-49H,10-13H2,1H3,(H,50,51)(H,52,53,54)(H,55,56,57)(H,58,59,60). The van der Waals surface area contributed by atoms with Crippen molar-refractivity contribution >= 4 is 81.2 Å². The van der Waals surface area contributed by atoms with Crippen LogP contribution in [0.4, 0.5) is 34.1 Å². The number of phenolic OH excluding ortho intramolecular Hbond substituents is 1. The molecule has 6 aromatic rings. The first kappa shape index (κ1) is 48.0. The van der Waals surface area contributed by atoms with E-state index in [2.05, 4.69) is 35.8 Å². The summed E-state index contributed by atoms with van der Waals surface area (Å²) >= 11 is 0. The molecule has 0 bridgehead atoms. The van der Waals surface area contributed by atoms with E-state index < -0.39 is 92.9 Å². The zero-order valence-electron chi connectivity index (χ0n) is 33.3. The van der Waals surface area contributed by atoms with Crippen LogP contribution in [0.1, 0.15) is 10.5 Å². The second kappa shape index (κ2) is 19.3. The van der Waals surface area contributed by atoms with Gasteiger partial charge in [-0.3, -0.25) is 13.7 Å². The minimum absolute atomic E-state index is 0.0227. The Morgan fingerprint density at radius 1 is 0.652 bits per heavy atom. The molecule has 0 saturated heterocycles. The molecule has 346 valence electrons. The molecular formula is C37H32N8O18S3. The summed E-state index contributed by atoms with van der Waals surface area (Å²) in [5, 5.41) is 78.2. The van der Waals surface area contributed by atoms with Gasteiger partial charge in [-0.15, -0.1) is 25.6 Å². The molecule has 0 aliphatic carbocycles. The van der Waals surface area contributed by atoms with Gasteiger partial charge in [-0.2, -0.15) is 40.1 Å². The maximum atomic E-state index is 12.8. The molecule has 0 unspecified atom stereocenters. The second-order valence-corrected chi connectivity index (χ2v) is 17.2. The number of methoxy groups -OCH3 is 1. The number of carboxylic acids is 1. The van der Waals surface area contributed by atoms with E-state index in [1.807, 2.05) is 0 Å². The Morgan fingerprint density at radius 2 is 1.23 bits per heavy atom. The number of aromatic hydroxyl groups is 2. The first-order valence-electron chi connectivity index (χ1n) is 18.1. The average Bonchev–Trinajstić information content (AvgIpc) is 3.60. The molecule has 66 heavy (non-hydrogen) atoms. The summed E-state index contributed by atoms with van der Waals surface area (Å²) in [6.45, 7) is -1.75. The minimum Gasteiger partial charge on any atom is -0.505 e. The van der Waals surface area contributed by atoms with Gasteiger partial charge in [-0.25, -0.2) is 4.79 Å². The third kappa shape index (κ3) is 10.7. The molecule has 26 nitrogen and oxygen atoms in total. The number of nitrogens with zero attached hydrogens (tertiary/aromatic N) is 8. The Kier molecular flexibility index (Phi) is 14.0. The quantitative estimate of drug-likeness (QED) is 0.0368. The molecule has 0 aliphatic heterocycles. The Bertz CT molecular complexity index is 3310. The Hall–Kier alpha value is -7.51. The molecule has 1 heterocycles. The second-order valence-electron chi connectivity index (χ2n) is 13.0. The minimum atomic E-state index is -5.25. The molecule has 0 saturated carbocycles. The van der Waals surface area contributed by atoms with Crippen molar-refractivity contribution in [2.24, 2.45) is 30.7 Å². The SMILES string of the molecule is COc1ccc(N=Nc2cc(OCCO)c(N=Nc3c(S(=O)(=O)O)cc4cc(-n5nc(C(=O)O)c(N=Nc6ccc(S(=O)(=O)O)cc6)c5O)ccc4c3O)cc2OCCO)c(S(=O)(=O)O)c1. The van der Waals surface area contributed by atoms with E-state index in [1.54, 1.807) is 0 Å². The Morgan fingerprint density at radius 3 is 1.77 bits per heavy atom. The van der Waals surface area contributed by atoms with Crippen molar-refractivity contribution in [1.29, 1.82) is 0 Å². The van der Waals surface area contributed by atoms with Crippen molar-refractivity contribution in [1.82, 2.24) is 9.78 Å². The van der Waals surface area contributed by atoms with E-state index in [9.17, 15) is 69.2 Å². The summed E-state index contributed by atoms with van der Waals surface area (Å²) < 4.78 is 118. The molecule has 6 rings (SSSR count). The Balaban J connectivity index is 1.42. The van der Waals surface area contributed by atoms with Gasteiger partial charge in [0, 0.05) is 23.6 Å². The average molecular weight is 973 g/mol. The van der Waals surface area contributed by atoms with Gasteiger partial charge >= 0.3 is 5.97 Å². The highest BCUT2D eigenvalue weighted by atomic mass is 32.2. The van der Waals surface area contributed by atoms with Gasteiger partial charge in [0.05, 0.1) is 36.6 Å². The monoisotopic (exact) mass is 972 g/mol. The van der Waals surface area contributed by atoms with Crippen molar-refractivity contribution in [3.63, 3.8) is 0 Å². The van der Waals surface area contributed by atoms with Crippen LogP contribution in [0.3, 0.4) is 0 Å². The summed E-state index contributed by atoms with van der Waals surface area (Å²) in [6, 6.07) is 14.4. The topological polar surface area (TPSA) is 401 Å². The number of fused-ring (bicyclic) bond motifs is 1. The first-order valence-corrected chi connectivity index (χ1v) is 22.4. The maximum Gasteiger partial charge on any atom is 0.358 e. The maximum absolute atomic E-state index is 12.8. The van der Waals surface area contributed by atoms with Crippen LogP contribution >= 0.6 is 0 Å². The van der Waals surface area contributed by atoms with Crippen LogP contribution in [0.5, 0.6) is 28.9 Å². The summed E-state index contributed by atoms with van der Waals surface area (Å²) in [5.74, 6) is -3.77. The number of aromatic nitrogens is 2. The van der Waals surface area contributed by atoms with E-state index in [4.69, 9.17) is 14.2 Å². The van der Waals surface area contributed by atoms with E-state index >= 15 is 0 Å². The highest BCUT2D eigenvalue weighted by Gasteiger charge is 2.27. The van der Waals surface area contributed by atoms with E-state index in [0.717, 1.165) is 54.6 Å². The number of hydrogen-bond acceptors (Lipinski definition) is 21. The number of carboxylic acid groups (broad SMARTS) is 1. The third-order valence-corrected chi connectivity index (χ3v) is 11.3. The highest BCUT2D eigenvalue weighted by Crippen LogP contribution is 2.46. The molecule has 0 atom stereocenters. The van der Waals surface area contributed by atoms with Gasteiger partial charge in [0.15, 0.2) is 11.4 Å². The van der Waals surface area contributed by atoms with Crippen LogP contribution in [-0.4, -0.2) is 114 Å². The number of benzene rings is 5. The predicted molar refractivity (Wildman–Crippen MR) is 224 cm³/mol. The third-order valence-electron chi connectivity index (χ3n) is 8.70. The van der Waals surface area contributed by atoms with Crippen molar-refractivity contribution in [3.05, 3.63) is 84.6 Å². The number of aliphatic hydroxyl groups excluding tert-OH is 2. The first-order chi connectivity index (χ1) is 31.1. The van der Waals surface area contributed by atoms with Crippen LogP contribution in [0, 0.1) is 0 Å².